The van der Waals surface area contributed by atoms with Gasteiger partial charge in [-0.2, -0.15) is 0 Å². The van der Waals surface area contributed by atoms with Crippen molar-refractivity contribution in [1.29, 1.82) is 0 Å². The van der Waals surface area contributed by atoms with Crippen molar-refractivity contribution in [1.82, 2.24) is 0 Å². The van der Waals surface area contributed by atoms with Gasteiger partial charge in [-0.1, -0.05) is 30.3 Å². The van der Waals surface area contributed by atoms with Crippen LogP contribution in [0.5, 0.6) is 0 Å². The molecule has 1 atom stereocenters. The fourth-order valence-corrected chi connectivity index (χ4v) is 1.47. The molecular weight excluding hydrogens is 168 g/mol. The van der Waals surface area contributed by atoms with Gasteiger partial charge in [0.15, 0.2) is 0 Å². The standard InChI is InChI=1S/C10H14OS/c1-10(2,12(3)11)9-7-5-4-6-8-9/h4-8H,1-3H3/t12-/m0/s1. The third-order valence-corrected chi connectivity index (χ3v) is 3.86. The first-order valence-electron chi connectivity index (χ1n) is 3.94. The lowest BCUT2D eigenvalue weighted by molar-refractivity contribution is 0.648. The second-order valence-electron chi connectivity index (χ2n) is 3.33. The van der Waals surface area contributed by atoms with Gasteiger partial charge in [-0.25, -0.2) is 0 Å². The zero-order chi connectivity index (χ0) is 9.19. The Kier molecular flexibility index (Phi) is 2.68. The lowest BCUT2D eigenvalue weighted by Gasteiger charge is -2.21. The molecule has 0 aromatic heterocycles. The van der Waals surface area contributed by atoms with Crippen molar-refractivity contribution in [2.45, 2.75) is 18.6 Å². The van der Waals surface area contributed by atoms with Crippen molar-refractivity contribution in [3.05, 3.63) is 35.9 Å². The predicted octanol–water partition coefficient (Wildman–Crippen LogP) is 2.30. The first kappa shape index (κ1) is 9.46. The van der Waals surface area contributed by atoms with E-state index in [2.05, 4.69) is 0 Å². The Morgan fingerprint density at radius 2 is 1.67 bits per heavy atom. The van der Waals surface area contributed by atoms with Crippen molar-refractivity contribution >= 4 is 10.8 Å². The number of hydrogen-bond donors (Lipinski definition) is 0. The molecular formula is C10H14OS. The Morgan fingerprint density at radius 3 is 2.08 bits per heavy atom. The van der Waals surface area contributed by atoms with Crippen LogP contribution < -0.4 is 0 Å². The van der Waals surface area contributed by atoms with Crippen molar-refractivity contribution in [3.63, 3.8) is 0 Å². The zero-order valence-electron chi connectivity index (χ0n) is 7.70. The molecule has 0 amide bonds. The molecule has 66 valence electrons. The summed E-state index contributed by atoms with van der Waals surface area (Å²) >= 11 is 0. The number of rotatable bonds is 2. The normalized spacial score (nSPS) is 14.2. The van der Waals surface area contributed by atoms with Crippen LogP contribution in [0.2, 0.25) is 0 Å². The van der Waals surface area contributed by atoms with E-state index in [-0.39, 0.29) is 4.75 Å². The second kappa shape index (κ2) is 3.40. The van der Waals surface area contributed by atoms with E-state index in [1.165, 1.54) is 0 Å². The van der Waals surface area contributed by atoms with Gasteiger partial charge in [0.1, 0.15) is 0 Å². The van der Waals surface area contributed by atoms with Gasteiger partial charge in [0.25, 0.3) is 0 Å². The van der Waals surface area contributed by atoms with Gasteiger partial charge < -0.3 is 0 Å². The Morgan fingerprint density at radius 1 is 1.17 bits per heavy atom. The summed E-state index contributed by atoms with van der Waals surface area (Å²) in [6, 6.07) is 9.95. The summed E-state index contributed by atoms with van der Waals surface area (Å²) in [4.78, 5) is 0. The van der Waals surface area contributed by atoms with Crippen LogP contribution in [0.4, 0.5) is 0 Å². The van der Waals surface area contributed by atoms with E-state index >= 15 is 0 Å². The summed E-state index contributed by atoms with van der Waals surface area (Å²) in [6.07, 6.45) is 1.74. The molecule has 0 saturated carbocycles. The lowest BCUT2D eigenvalue weighted by atomic mass is 10.0. The largest absolute Gasteiger partial charge is 0.259 e. The number of hydrogen-bond acceptors (Lipinski definition) is 1. The van der Waals surface area contributed by atoms with Crippen LogP contribution in [0.25, 0.3) is 0 Å². The van der Waals surface area contributed by atoms with E-state index in [1.807, 2.05) is 44.2 Å². The van der Waals surface area contributed by atoms with Crippen molar-refractivity contribution in [2.75, 3.05) is 6.26 Å². The maximum absolute atomic E-state index is 11.4. The van der Waals surface area contributed by atoms with E-state index in [1.54, 1.807) is 6.26 Å². The Balaban J connectivity index is 3.06. The SMILES string of the molecule is C[S@](=O)C(C)(C)c1ccccc1. The minimum Gasteiger partial charge on any atom is -0.259 e. The van der Waals surface area contributed by atoms with Gasteiger partial charge in [-0.05, 0) is 19.4 Å². The quantitative estimate of drug-likeness (QED) is 0.686. The Hall–Kier alpha value is -0.630. The molecule has 0 bridgehead atoms. The minimum atomic E-state index is -0.827. The molecule has 0 aliphatic rings. The van der Waals surface area contributed by atoms with Crippen LogP contribution in [0.3, 0.4) is 0 Å². The highest BCUT2D eigenvalue weighted by Gasteiger charge is 2.24. The van der Waals surface area contributed by atoms with Crippen molar-refractivity contribution in [3.8, 4) is 0 Å². The van der Waals surface area contributed by atoms with Crippen LogP contribution in [0.1, 0.15) is 19.4 Å². The fraction of sp³-hybridized carbons (Fsp3) is 0.400. The summed E-state index contributed by atoms with van der Waals surface area (Å²) in [5.41, 5.74) is 1.13. The first-order valence-corrected chi connectivity index (χ1v) is 5.50. The van der Waals surface area contributed by atoms with E-state index in [4.69, 9.17) is 0 Å². The molecule has 0 spiro atoms. The zero-order valence-corrected chi connectivity index (χ0v) is 8.52. The summed E-state index contributed by atoms with van der Waals surface area (Å²) in [5, 5.41) is 0. The summed E-state index contributed by atoms with van der Waals surface area (Å²) in [5.74, 6) is 0. The molecule has 0 fully saturated rings. The molecule has 1 aromatic carbocycles. The molecule has 1 rings (SSSR count). The molecule has 0 heterocycles. The third kappa shape index (κ3) is 1.75. The van der Waals surface area contributed by atoms with E-state index in [9.17, 15) is 4.21 Å². The first-order chi connectivity index (χ1) is 5.55. The highest BCUT2D eigenvalue weighted by molar-refractivity contribution is 7.85. The molecule has 0 radical (unpaired) electrons. The molecule has 12 heavy (non-hydrogen) atoms. The number of benzene rings is 1. The highest BCUT2D eigenvalue weighted by Crippen LogP contribution is 2.25. The van der Waals surface area contributed by atoms with E-state index in [0.717, 1.165) is 5.56 Å². The van der Waals surface area contributed by atoms with Crippen LogP contribution in [0, 0.1) is 0 Å². The molecule has 0 aliphatic carbocycles. The molecule has 0 N–H and O–H groups in total. The van der Waals surface area contributed by atoms with Gasteiger partial charge in [0.05, 0.1) is 4.75 Å². The van der Waals surface area contributed by atoms with Gasteiger partial charge in [-0.15, -0.1) is 0 Å². The monoisotopic (exact) mass is 182 g/mol. The molecule has 1 nitrogen and oxygen atoms in total. The van der Waals surface area contributed by atoms with Crippen molar-refractivity contribution in [2.24, 2.45) is 0 Å². The van der Waals surface area contributed by atoms with Gasteiger partial charge in [0, 0.05) is 17.1 Å². The van der Waals surface area contributed by atoms with Crippen LogP contribution in [-0.4, -0.2) is 10.5 Å². The predicted molar refractivity (Wildman–Crippen MR) is 53.5 cm³/mol. The highest BCUT2D eigenvalue weighted by atomic mass is 32.2. The Labute approximate surface area is 76.3 Å². The smallest absolute Gasteiger partial charge is 0.0648 e. The summed E-state index contributed by atoms with van der Waals surface area (Å²) < 4.78 is 11.1. The minimum absolute atomic E-state index is 0.235. The topological polar surface area (TPSA) is 17.1 Å². The average molecular weight is 182 g/mol. The summed E-state index contributed by atoms with van der Waals surface area (Å²) in [6.45, 7) is 4.00. The lowest BCUT2D eigenvalue weighted by Crippen LogP contribution is -2.22. The fourth-order valence-electron chi connectivity index (χ4n) is 1.01. The van der Waals surface area contributed by atoms with E-state index in [0.29, 0.717) is 0 Å². The Bertz CT molecular complexity index is 277. The molecule has 0 aliphatic heterocycles. The van der Waals surface area contributed by atoms with Gasteiger partial charge in [-0.3, -0.25) is 4.21 Å². The van der Waals surface area contributed by atoms with E-state index < -0.39 is 10.8 Å². The van der Waals surface area contributed by atoms with Gasteiger partial charge in [0.2, 0.25) is 0 Å². The van der Waals surface area contributed by atoms with Crippen molar-refractivity contribution < 1.29 is 4.21 Å². The average Bonchev–Trinajstić information content (AvgIpc) is 2.06. The molecule has 0 unspecified atom stereocenters. The van der Waals surface area contributed by atoms with Crippen LogP contribution >= 0.6 is 0 Å². The molecule has 1 aromatic rings. The summed E-state index contributed by atoms with van der Waals surface area (Å²) in [7, 11) is -0.827. The molecule has 2 heteroatoms. The van der Waals surface area contributed by atoms with Crippen LogP contribution in [0.15, 0.2) is 30.3 Å². The van der Waals surface area contributed by atoms with Gasteiger partial charge >= 0.3 is 0 Å². The molecule has 0 saturated heterocycles. The maximum Gasteiger partial charge on any atom is 0.0648 e. The van der Waals surface area contributed by atoms with Crippen LogP contribution in [-0.2, 0) is 15.5 Å². The third-order valence-electron chi connectivity index (χ3n) is 2.19. The maximum atomic E-state index is 11.4. The second-order valence-corrected chi connectivity index (χ2v) is 5.26.